The summed E-state index contributed by atoms with van der Waals surface area (Å²) in [6.07, 6.45) is 2.29. The average molecular weight is 438 g/mol. The van der Waals surface area contributed by atoms with Gasteiger partial charge in [-0.25, -0.2) is 0 Å². The summed E-state index contributed by atoms with van der Waals surface area (Å²) in [5.41, 5.74) is 2.02. The van der Waals surface area contributed by atoms with E-state index in [-0.39, 0.29) is 5.25 Å². The zero-order valence-electron chi connectivity index (χ0n) is 16.4. The number of hydrogen-bond acceptors (Lipinski definition) is 6. The summed E-state index contributed by atoms with van der Waals surface area (Å²) in [5, 5.41) is 14.5. The van der Waals surface area contributed by atoms with Gasteiger partial charge in [-0.1, -0.05) is 71.0 Å². The third-order valence-corrected chi connectivity index (χ3v) is 6.44. The first-order valence-corrected chi connectivity index (χ1v) is 11.2. The lowest BCUT2D eigenvalue weighted by Crippen LogP contribution is -2.05. The highest BCUT2D eigenvalue weighted by atomic mass is 35.5. The predicted molar refractivity (Wildman–Crippen MR) is 117 cm³/mol. The van der Waals surface area contributed by atoms with Crippen LogP contribution in [0.25, 0.3) is 11.4 Å². The van der Waals surface area contributed by atoms with Gasteiger partial charge in [0.25, 0.3) is 0 Å². The molecular weight excluding hydrogens is 418 g/mol. The van der Waals surface area contributed by atoms with Crippen molar-refractivity contribution in [1.82, 2.24) is 24.9 Å². The molecule has 5 rings (SSSR count). The van der Waals surface area contributed by atoms with Gasteiger partial charge in [0.05, 0.1) is 16.8 Å². The van der Waals surface area contributed by atoms with Crippen molar-refractivity contribution >= 4 is 23.4 Å². The van der Waals surface area contributed by atoms with Crippen LogP contribution in [0.1, 0.15) is 48.2 Å². The fourth-order valence-corrected chi connectivity index (χ4v) is 4.35. The summed E-state index contributed by atoms with van der Waals surface area (Å²) < 4.78 is 7.60. The van der Waals surface area contributed by atoms with Crippen molar-refractivity contribution in [3.63, 3.8) is 0 Å². The van der Waals surface area contributed by atoms with Gasteiger partial charge in [0.1, 0.15) is 0 Å². The summed E-state index contributed by atoms with van der Waals surface area (Å²) in [5.74, 6) is 2.65. The van der Waals surface area contributed by atoms with Crippen molar-refractivity contribution in [3.8, 4) is 11.4 Å². The van der Waals surface area contributed by atoms with E-state index in [1.165, 1.54) is 0 Å². The second kappa shape index (κ2) is 8.24. The lowest BCUT2D eigenvalue weighted by Gasteiger charge is -2.12. The smallest absolute Gasteiger partial charge is 0.239 e. The number of thioether (sulfide) groups is 1. The summed E-state index contributed by atoms with van der Waals surface area (Å²) in [4.78, 5) is 4.58. The minimum absolute atomic E-state index is 0.0391. The zero-order valence-corrected chi connectivity index (χ0v) is 18.0. The van der Waals surface area contributed by atoms with Crippen molar-refractivity contribution in [2.75, 3.05) is 0 Å². The third kappa shape index (κ3) is 4.00. The van der Waals surface area contributed by atoms with E-state index in [0.29, 0.717) is 23.4 Å². The van der Waals surface area contributed by atoms with Crippen LogP contribution in [0.2, 0.25) is 5.02 Å². The molecule has 1 atom stereocenters. The average Bonchev–Trinajstić information content (AvgIpc) is 3.37. The minimum Gasteiger partial charge on any atom is -0.338 e. The standard InChI is InChI=1S/C22H20ClN5OS/c1-14(21-24-19(27-29-21)16-11-12-16)30-22-26-25-20(17-9-5-6-10-18(17)23)28(22)13-15-7-3-2-4-8-15/h2-10,14,16H,11-13H2,1H3. The van der Waals surface area contributed by atoms with Gasteiger partial charge >= 0.3 is 0 Å². The fourth-order valence-electron chi connectivity index (χ4n) is 3.25. The Balaban J connectivity index is 1.48. The van der Waals surface area contributed by atoms with Gasteiger partial charge in [-0.2, -0.15) is 4.98 Å². The number of hydrogen-bond donors (Lipinski definition) is 0. The van der Waals surface area contributed by atoms with E-state index in [1.807, 2.05) is 49.4 Å². The first kappa shape index (κ1) is 19.3. The lowest BCUT2D eigenvalue weighted by atomic mass is 10.2. The van der Waals surface area contributed by atoms with Crippen LogP contribution in [0.4, 0.5) is 0 Å². The quantitative estimate of drug-likeness (QED) is 0.342. The molecule has 0 radical (unpaired) electrons. The van der Waals surface area contributed by atoms with E-state index in [1.54, 1.807) is 11.8 Å². The van der Waals surface area contributed by atoms with Gasteiger partial charge in [-0.3, -0.25) is 4.57 Å². The van der Waals surface area contributed by atoms with Gasteiger partial charge in [0.15, 0.2) is 16.8 Å². The van der Waals surface area contributed by atoms with E-state index >= 15 is 0 Å². The Bertz CT molecular complexity index is 1160. The van der Waals surface area contributed by atoms with Crippen LogP contribution in [0.5, 0.6) is 0 Å². The van der Waals surface area contributed by atoms with Crippen LogP contribution in [-0.2, 0) is 6.54 Å². The molecule has 0 N–H and O–H groups in total. The molecule has 0 amide bonds. The Morgan fingerprint density at radius 3 is 2.63 bits per heavy atom. The predicted octanol–water partition coefficient (Wildman–Crippen LogP) is 5.76. The van der Waals surface area contributed by atoms with Gasteiger partial charge in [0, 0.05) is 11.5 Å². The van der Waals surface area contributed by atoms with E-state index in [9.17, 15) is 0 Å². The van der Waals surface area contributed by atoms with Crippen molar-refractivity contribution in [2.45, 2.75) is 42.6 Å². The highest BCUT2D eigenvalue weighted by molar-refractivity contribution is 7.99. The lowest BCUT2D eigenvalue weighted by molar-refractivity contribution is 0.374. The first-order chi connectivity index (χ1) is 14.7. The largest absolute Gasteiger partial charge is 0.338 e. The van der Waals surface area contributed by atoms with E-state index in [4.69, 9.17) is 16.1 Å². The Labute approximate surface area is 183 Å². The molecule has 0 saturated heterocycles. The van der Waals surface area contributed by atoms with E-state index < -0.39 is 0 Å². The molecule has 0 aliphatic heterocycles. The molecule has 1 aliphatic rings. The fraction of sp³-hybridized carbons (Fsp3) is 0.273. The van der Waals surface area contributed by atoms with Gasteiger partial charge in [0.2, 0.25) is 5.89 Å². The van der Waals surface area contributed by atoms with Gasteiger partial charge < -0.3 is 4.52 Å². The van der Waals surface area contributed by atoms with E-state index in [0.717, 1.165) is 40.8 Å². The monoisotopic (exact) mass is 437 g/mol. The van der Waals surface area contributed by atoms with Gasteiger partial charge in [-0.15, -0.1) is 10.2 Å². The molecule has 1 fully saturated rings. The normalized spacial score (nSPS) is 14.7. The molecule has 1 saturated carbocycles. The number of rotatable bonds is 7. The van der Waals surface area contributed by atoms with Gasteiger partial charge in [-0.05, 0) is 37.5 Å². The second-order valence-corrected chi connectivity index (χ2v) is 9.10. The van der Waals surface area contributed by atoms with Crippen LogP contribution < -0.4 is 0 Å². The SMILES string of the molecule is CC(Sc1nnc(-c2ccccc2Cl)n1Cc1ccccc1)c1nc(C2CC2)no1. The molecule has 2 heterocycles. The van der Waals surface area contributed by atoms with E-state index in [2.05, 4.69) is 37.0 Å². The van der Waals surface area contributed by atoms with Crippen LogP contribution in [-0.4, -0.2) is 24.9 Å². The van der Waals surface area contributed by atoms with Crippen LogP contribution >= 0.6 is 23.4 Å². The second-order valence-electron chi connectivity index (χ2n) is 7.38. The van der Waals surface area contributed by atoms with Crippen LogP contribution in [0.15, 0.2) is 64.3 Å². The Morgan fingerprint density at radius 1 is 1.10 bits per heavy atom. The maximum Gasteiger partial charge on any atom is 0.239 e. The maximum absolute atomic E-state index is 6.46. The molecule has 1 aliphatic carbocycles. The topological polar surface area (TPSA) is 69.6 Å². The molecule has 0 bridgehead atoms. The number of halogens is 1. The highest BCUT2D eigenvalue weighted by Gasteiger charge is 2.30. The minimum atomic E-state index is -0.0391. The Hall–Kier alpha value is -2.64. The molecular formula is C22H20ClN5OS. The first-order valence-electron chi connectivity index (χ1n) is 9.91. The Morgan fingerprint density at radius 2 is 1.87 bits per heavy atom. The molecule has 1 unspecified atom stereocenters. The van der Waals surface area contributed by atoms with Crippen molar-refractivity contribution in [3.05, 3.63) is 76.9 Å². The molecule has 152 valence electrons. The molecule has 6 nitrogen and oxygen atoms in total. The zero-order chi connectivity index (χ0) is 20.5. The van der Waals surface area contributed by atoms with Crippen LogP contribution in [0.3, 0.4) is 0 Å². The maximum atomic E-state index is 6.46. The third-order valence-electron chi connectivity index (χ3n) is 5.05. The number of aromatic nitrogens is 5. The molecule has 2 aromatic heterocycles. The highest BCUT2D eigenvalue weighted by Crippen LogP contribution is 2.40. The van der Waals surface area contributed by atoms with Crippen molar-refractivity contribution < 1.29 is 4.52 Å². The molecule has 0 spiro atoms. The number of nitrogens with zero attached hydrogens (tertiary/aromatic N) is 5. The summed E-state index contributed by atoms with van der Waals surface area (Å²) in [6.45, 7) is 2.69. The summed E-state index contributed by atoms with van der Waals surface area (Å²) in [6, 6.07) is 17.9. The molecule has 4 aromatic rings. The van der Waals surface area contributed by atoms with Crippen molar-refractivity contribution in [1.29, 1.82) is 0 Å². The summed E-state index contributed by atoms with van der Waals surface area (Å²) in [7, 11) is 0. The Kier molecular flexibility index (Phi) is 5.31. The molecule has 30 heavy (non-hydrogen) atoms. The van der Waals surface area contributed by atoms with Crippen molar-refractivity contribution in [2.24, 2.45) is 0 Å². The number of benzene rings is 2. The molecule has 8 heteroatoms. The summed E-state index contributed by atoms with van der Waals surface area (Å²) >= 11 is 8.02. The molecule has 2 aromatic carbocycles. The van der Waals surface area contributed by atoms with Crippen LogP contribution in [0, 0.1) is 0 Å².